The normalized spacial score (nSPS) is 15.3. The third-order valence-corrected chi connectivity index (χ3v) is 3.85. The van der Waals surface area contributed by atoms with Crippen LogP contribution in [0.3, 0.4) is 0 Å². The lowest BCUT2D eigenvalue weighted by Gasteiger charge is -1.99. The average Bonchev–Trinajstić information content (AvgIpc) is 1.78. The number of rotatable bonds is 6. The molecule has 11 heteroatoms. The Balaban J connectivity index is 4.08. The van der Waals surface area contributed by atoms with Crippen molar-refractivity contribution in [3.05, 3.63) is 0 Å². The van der Waals surface area contributed by atoms with Gasteiger partial charge in [-0.1, -0.05) is 0 Å². The van der Waals surface area contributed by atoms with Gasteiger partial charge in [-0.25, -0.2) is 0 Å². The van der Waals surface area contributed by atoms with Crippen LogP contribution in [-0.4, -0.2) is 41.7 Å². The molecule has 86 valence electrons. The van der Waals surface area contributed by atoms with E-state index in [9.17, 15) is 21.0 Å². The highest BCUT2D eigenvalue weighted by atomic mass is 32.3. The van der Waals surface area contributed by atoms with Crippen LogP contribution in [0.5, 0.6) is 0 Å². The van der Waals surface area contributed by atoms with E-state index >= 15 is 0 Å². The van der Waals surface area contributed by atoms with Gasteiger partial charge in [-0.2, -0.15) is 21.0 Å². The highest BCUT2D eigenvalue weighted by molar-refractivity contribution is 7.95. The predicted molar refractivity (Wildman–Crippen MR) is 46.7 cm³/mol. The minimum Gasteiger partial charge on any atom is -0.286 e. The summed E-state index contributed by atoms with van der Waals surface area (Å²) in [6.07, 6.45) is -0.418. The van der Waals surface area contributed by atoms with Gasteiger partial charge in [0.2, 0.25) is 0 Å². The molecule has 0 heterocycles. The van der Waals surface area contributed by atoms with Crippen LogP contribution < -0.4 is 0 Å². The standard InChI is InChI=1S/C3H8O8S3/c4-12(5)11-14(9,10)3-1-2-13(6,7)8/h1-3H2,(H,4,5)(H,6,7,8). The zero-order chi connectivity index (χ0) is 11.4. The lowest BCUT2D eigenvalue weighted by Crippen LogP contribution is -2.15. The Kier molecular flexibility index (Phi) is 5.11. The Morgan fingerprint density at radius 3 is 2.00 bits per heavy atom. The van der Waals surface area contributed by atoms with Gasteiger partial charge < -0.3 is 0 Å². The van der Waals surface area contributed by atoms with Gasteiger partial charge in [0.15, 0.2) is 0 Å². The molecule has 0 saturated carbocycles. The van der Waals surface area contributed by atoms with Crippen LogP contribution in [0.25, 0.3) is 0 Å². The Bertz CT molecular complexity index is 390. The van der Waals surface area contributed by atoms with Gasteiger partial charge in [0.25, 0.3) is 20.2 Å². The van der Waals surface area contributed by atoms with Crippen LogP contribution in [0.1, 0.15) is 6.42 Å². The third kappa shape index (κ3) is 8.52. The molecule has 0 saturated heterocycles. The monoisotopic (exact) mass is 268 g/mol. The Hall–Kier alpha value is -0.0700. The molecule has 14 heavy (non-hydrogen) atoms. The summed E-state index contributed by atoms with van der Waals surface area (Å²) in [7, 11) is -8.46. The summed E-state index contributed by atoms with van der Waals surface area (Å²) in [5.41, 5.74) is 0. The van der Waals surface area contributed by atoms with Gasteiger partial charge in [-0.15, -0.1) is 3.63 Å². The maximum absolute atomic E-state index is 10.7. The number of hydrogen-bond donors (Lipinski definition) is 2. The lowest BCUT2D eigenvalue weighted by molar-refractivity contribution is 0.442. The van der Waals surface area contributed by atoms with Crippen molar-refractivity contribution in [2.24, 2.45) is 0 Å². The summed E-state index contributed by atoms with van der Waals surface area (Å²) < 4.78 is 71.4. The maximum atomic E-state index is 10.7. The van der Waals surface area contributed by atoms with E-state index in [2.05, 4.69) is 3.63 Å². The molecule has 0 aliphatic rings. The molecule has 8 nitrogen and oxygen atoms in total. The molecule has 0 aliphatic carbocycles. The first-order chi connectivity index (χ1) is 6.12. The van der Waals surface area contributed by atoms with Crippen LogP contribution in [0.15, 0.2) is 0 Å². The van der Waals surface area contributed by atoms with Gasteiger partial charge in [0.05, 0.1) is 11.5 Å². The second-order valence-corrected chi connectivity index (χ2v) is 6.26. The third-order valence-electron chi connectivity index (χ3n) is 0.959. The summed E-state index contributed by atoms with van der Waals surface area (Å²) in [6.45, 7) is 0. The minimum absolute atomic E-state index is 0.418. The molecule has 0 spiro atoms. The largest absolute Gasteiger partial charge is 0.317 e. The van der Waals surface area contributed by atoms with Gasteiger partial charge in [0.1, 0.15) is 0 Å². The molecule has 0 aromatic carbocycles. The molecule has 0 aromatic heterocycles. The van der Waals surface area contributed by atoms with E-state index in [1.165, 1.54) is 0 Å². The zero-order valence-electron chi connectivity index (χ0n) is 6.69. The average molecular weight is 268 g/mol. The molecular formula is C3H8O8S3. The highest BCUT2D eigenvalue weighted by Crippen LogP contribution is 1.99. The summed E-state index contributed by atoms with van der Waals surface area (Å²) >= 11 is -2.96. The van der Waals surface area contributed by atoms with Crippen LogP contribution in [-0.2, 0) is 35.2 Å². The van der Waals surface area contributed by atoms with Crippen LogP contribution in [0, 0.1) is 0 Å². The summed E-state index contributed by atoms with van der Waals surface area (Å²) in [5.74, 6) is -1.52. The van der Waals surface area contributed by atoms with E-state index in [1.807, 2.05) is 0 Å². The molecule has 1 unspecified atom stereocenters. The van der Waals surface area contributed by atoms with Crippen molar-refractivity contribution in [2.45, 2.75) is 6.42 Å². The highest BCUT2D eigenvalue weighted by Gasteiger charge is 2.16. The molecular weight excluding hydrogens is 260 g/mol. The van der Waals surface area contributed by atoms with E-state index in [0.717, 1.165) is 0 Å². The zero-order valence-corrected chi connectivity index (χ0v) is 9.14. The molecule has 0 bridgehead atoms. The molecule has 0 aromatic rings. The van der Waals surface area contributed by atoms with Crippen molar-refractivity contribution in [1.82, 2.24) is 0 Å². The first kappa shape index (κ1) is 13.9. The number of hydrogen-bond acceptors (Lipinski definition) is 6. The van der Waals surface area contributed by atoms with Crippen LogP contribution in [0.4, 0.5) is 0 Å². The van der Waals surface area contributed by atoms with Crippen molar-refractivity contribution in [2.75, 3.05) is 11.5 Å². The van der Waals surface area contributed by atoms with Crippen molar-refractivity contribution >= 4 is 31.6 Å². The Morgan fingerprint density at radius 2 is 1.64 bits per heavy atom. The van der Waals surface area contributed by atoms with E-state index in [0.29, 0.717) is 0 Å². The lowest BCUT2D eigenvalue weighted by atomic mass is 10.6. The fraction of sp³-hybridized carbons (Fsp3) is 1.00. The van der Waals surface area contributed by atoms with Gasteiger partial charge in [-0.3, -0.25) is 9.11 Å². The SMILES string of the molecule is O=S(O)OS(=O)(=O)CCCS(=O)(=O)O. The fourth-order valence-corrected chi connectivity index (χ4v) is 2.71. The molecule has 0 rings (SSSR count). The van der Waals surface area contributed by atoms with E-state index in [4.69, 9.17) is 9.11 Å². The summed E-state index contributed by atoms with van der Waals surface area (Å²) in [4.78, 5) is 0. The molecule has 0 fully saturated rings. The molecule has 1 atom stereocenters. The molecule has 2 N–H and O–H groups in total. The van der Waals surface area contributed by atoms with E-state index in [-0.39, 0.29) is 0 Å². The molecule has 0 aliphatic heterocycles. The molecule has 0 radical (unpaired) electrons. The smallest absolute Gasteiger partial charge is 0.286 e. The van der Waals surface area contributed by atoms with Crippen LogP contribution in [0.2, 0.25) is 0 Å². The Morgan fingerprint density at radius 1 is 1.14 bits per heavy atom. The Labute approximate surface area is 83.6 Å². The van der Waals surface area contributed by atoms with Crippen molar-refractivity contribution in [3.63, 3.8) is 0 Å². The van der Waals surface area contributed by atoms with Gasteiger partial charge >= 0.3 is 11.4 Å². The molecule has 0 amide bonds. The second-order valence-electron chi connectivity index (χ2n) is 2.19. The van der Waals surface area contributed by atoms with Crippen molar-refractivity contribution in [3.8, 4) is 0 Å². The fourth-order valence-electron chi connectivity index (χ4n) is 0.541. The summed E-state index contributed by atoms with van der Waals surface area (Å²) in [6, 6.07) is 0. The van der Waals surface area contributed by atoms with Crippen molar-refractivity contribution < 1.29 is 33.8 Å². The topological polar surface area (TPSA) is 135 Å². The summed E-state index contributed by atoms with van der Waals surface area (Å²) in [5, 5.41) is 0. The van der Waals surface area contributed by atoms with Crippen molar-refractivity contribution in [1.29, 1.82) is 0 Å². The quantitative estimate of drug-likeness (QED) is 0.450. The van der Waals surface area contributed by atoms with Gasteiger partial charge in [-0.05, 0) is 6.42 Å². The maximum Gasteiger partial charge on any atom is 0.317 e. The predicted octanol–water partition coefficient (Wildman–Crippen LogP) is -1.25. The van der Waals surface area contributed by atoms with Crippen LogP contribution >= 0.6 is 0 Å². The second kappa shape index (κ2) is 5.14. The van der Waals surface area contributed by atoms with E-state index in [1.54, 1.807) is 0 Å². The first-order valence-corrected chi connectivity index (χ1v) is 7.33. The van der Waals surface area contributed by atoms with Gasteiger partial charge in [0, 0.05) is 0 Å². The van der Waals surface area contributed by atoms with E-state index < -0.39 is 49.5 Å². The first-order valence-electron chi connectivity index (χ1n) is 3.11. The minimum atomic E-state index is -4.23.